The second kappa shape index (κ2) is 55.1. The normalized spacial score (nSPS) is 10.6. The minimum Gasteiger partial charge on any atom is -0.508 e. The molecule has 38 nitrogen and oxygen atoms in total. The molecule has 742 valence electrons. The molecule has 0 radical (unpaired) electrons. The van der Waals surface area contributed by atoms with Crippen LogP contribution in [0.4, 0.5) is 35.9 Å². The van der Waals surface area contributed by atoms with Crippen molar-refractivity contribution in [2.24, 2.45) is 11.3 Å². The van der Waals surface area contributed by atoms with Crippen LogP contribution >= 0.6 is 79.4 Å². The Balaban J connectivity index is 0.000000200. The van der Waals surface area contributed by atoms with Crippen molar-refractivity contribution in [3.63, 3.8) is 0 Å². The van der Waals surface area contributed by atoms with Crippen molar-refractivity contribution in [3.8, 4) is 159 Å². The van der Waals surface area contributed by atoms with Gasteiger partial charge in [-0.25, -0.2) is 34.9 Å². The zero-order chi connectivity index (χ0) is 102. The highest BCUT2D eigenvalue weighted by Crippen LogP contribution is 2.42. The number of unbranched alkanes of at least 4 members (excludes halogenated alkanes) is 5. The summed E-state index contributed by atoms with van der Waals surface area (Å²) in [6.07, 6.45) is 8.63. The molecular weight excluding hydrogens is 1950 g/mol. The third-order valence-corrected chi connectivity index (χ3v) is 23.9. The minimum absolute atomic E-state index is 0.00270. The van der Waals surface area contributed by atoms with Gasteiger partial charge in [-0.1, -0.05) is 74.1 Å². The quantitative estimate of drug-likeness (QED) is 0.0179. The van der Waals surface area contributed by atoms with Crippen molar-refractivity contribution in [2.45, 2.75) is 126 Å². The second-order valence-electron chi connectivity index (χ2n) is 31.3. The van der Waals surface area contributed by atoms with Crippen molar-refractivity contribution in [1.82, 2.24) is 34.9 Å². The summed E-state index contributed by atoms with van der Waals surface area (Å²) in [4.78, 5) is 111. The number of anilines is 7. The zero-order valence-corrected chi connectivity index (χ0v) is 82.5. The van der Waals surface area contributed by atoms with Gasteiger partial charge in [-0.05, 0) is 111 Å². The van der Waals surface area contributed by atoms with E-state index in [9.17, 15) is 105 Å². The van der Waals surface area contributed by atoms with Crippen LogP contribution in [-0.4, -0.2) is 185 Å². The van der Waals surface area contributed by atoms with E-state index in [1.54, 1.807) is 94.0 Å². The highest BCUT2D eigenvalue weighted by molar-refractivity contribution is 7.16. The molecule has 0 saturated heterocycles. The van der Waals surface area contributed by atoms with Gasteiger partial charge in [0.05, 0.1) is 52.9 Å². The fraction of sp³-hybridized carbons (Fsp3) is 0.263. The smallest absolute Gasteiger partial charge is 0.252 e. The van der Waals surface area contributed by atoms with Gasteiger partial charge in [-0.15, -0.1) is 79.4 Å². The van der Waals surface area contributed by atoms with Crippen LogP contribution < -0.4 is 37.2 Å². The van der Waals surface area contributed by atoms with Gasteiger partial charge in [0.2, 0.25) is 35.4 Å². The van der Waals surface area contributed by atoms with Crippen LogP contribution in [0.3, 0.4) is 0 Å². The Labute approximate surface area is 831 Å². The predicted octanol–water partition coefficient (Wildman–Crippen LogP) is 19.2. The summed E-state index contributed by atoms with van der Waals surface area (Å²) >= 11 is 8.90. The number of hydrogen-bond donors (Lipinski definition) is 23. The fourth-order valence-electron chi connectivity index (χ4n) is 11.5. The molecule has 0 unspecified atom stereocenters. The van der Waals surface area contributed by atoms with Crippen LogP contribution in [-0.2, 0) is 38.3 Å². The maximum Gasteiger partial charge on any atom is 0.252 e. The summed E-state index contributed by atoms with van der Waals surface area (Å²) in [5, 5.41) is 184. The Morgan fingerprint density at radius 3 is 0.757 bits per heavy atom. The molecule has 0 bridgehead atoms. The largest absolute Gasteiger partial charge is 0.508 e. The Hall–Kier alpha value is -14.7. The molecule has 45 heteroatoms. The maximum absolute atomic E-state index is 11.9. The number of benzene rings is 7. The van der Waals surface area contributed by atoms with Crippen LogP contribution in [0.25, 0.3) is 78.8 Å². The number of methoxy groups -OCH3 is 1. The molecule has 0 aliphatic carbocycles. The van der Waals surface area contributed by atoms with Crippen LogP contribution in [0.15, 0.2) is 165 Å². The lowest BCUT2D eigenvalue weighted by Crippen LogP contribution is -2.27. The number of thiazole rings is 7. The molecule has 7 heterocycles. The molecular formula is C95H106N14O24S7. The zero-order valence-electron chi connectivity index (χ0n) is 76.8. The lowest BCUT2D eigenvalue weighted by molar-refractivity contribution is -0.123. The number of aliphatic hydroxyl groups is 2. The molecule has 0 saturated carbocycles. The predicted molar refractivity (Wildman–Crippen MR) is 544 cm³/mol. The van der Waals surface area contributed by atoms with E-state index in [1.165, 1.54) is 171 Å². The lowest BCUT2D eigenvalue weighted by atomic mass is 9.96. The van der Waals surface area contributed by atoms with Crippen LogP contribution in [0.2, 0.25) is 0 Å². The second-order valence-corrected chi connectivity index (χ2v) is 37.3. The summed E-state index contributed by atoms with van der Waals surface area (Å²) in [5.41, 5.74) is 6.84. The van der Waals surface area contributed by atoms with Crippen molar-refractivity contribution < 1.29 is 120 Å². The fourth-order valence-corrected chi connectivity index (χ4v) is 16.6. The van der Waals surface area contributed by atoms with E-state index < -0.39 is 5.41 Å². The van der Waals surface area contributed by atoms with E-state index in [-0.39, 0.29) is 154 Å². The van der Waals surface area contributed by atoms with E-state index in [1.807, 2.05) is 27.7 Å². The van der Waals surface area contributed by atoms with Gasteiger partial charge < -0.3 is 118 Å². The first kappa shape index (κ1) is 111. The Morgan fingerprint density at radius 2 is 0.536 bits per heavy atom. The number of phenolic OH excluding ortho intramolecular Hbond substituents is 14. The number of aliphatic hydroxyl groups excluding tert-OH is 2. The summed E-state index contributed by atoms with van der Waals surface area (Å²) < 4.78 is 4.70. The van der Waals surface area contributed by atoms with Gasteiger partial charge in [-0.2, -0.15) is 0 Å². The van der Waals surface area contributed by atoms with Crippen LogP contribution in [0.5, 0.6) is 80.5 Å². The highest BCUT2D eigenvalue weighted by atomic mass is 32.1. The lowest BCUT2D eigenvalue weighted by Gasteiger charge is -2.15. The molecule has 0 fully saturated rings. The van der Waals surface area contributed by atoms with Crippen molar-refractivity contribution in [3.05, 3.63) is 165 Å². The first-order valence-corrected chi connectivity index (χ1v) is 49.1. The van der Waals surface area contributed by atoms with Gasteiger partial charge >= 0.3 is 0 Å². The van der Waals surface area contributed by atoms with E-state index in [0.717, 1.165) is 44.9 Å². The monoisotopic (exact) mass is 2050 g/mol. The van der Waals surface area contributed by atoms with Crippen LogP contribution in [0, 0.1) is 11.3 Å². The van der Waals surface area contributed by atoms with Crippen molar-refractivity contribution in [2.75, 3.05) is 64.1 Å². The van der Waals surface area contributed by atoms with E-state index in [0.29, 0.717) is 140 Å². The Bertz CT molecular complexity index is 6100. The number of rotatable bonds is 31. The molecule has 0 spiro atoms. The van der Waals surface area contributed by atoms with Gasteiger partial charge in [-0.3, -0.25) is 38.9 Å². The molecule has 0 aliphatic rings. The Morgan fingerprint density at radius 1 is 0.300 bits per heavy atom. The number of nitrogens with zero attached hydrogens (tertiary/aromatic N) is 7. The molecule has 14 rings (SSSR count). The number of aromatic nitrogens is 7. The minimum atomic E-state index is -0.494. The van der Waals surface area contributed by atoms with Crippen molar-refractivity contribution in [1.29, 1.82) is 0 Å². The Kier molecular flexibility index (Phi) is 43.5. The number of amides is 7. The first-order valence-electron chi connectivity index (χ1n) is 42.9. The molecule has 0 aliphatic heterocycles. The number of hydrogen-bond acceptors (Lipinski definition) is 38. The third-order valence-electron chi connectivity index (χ3n) is 18.6. The highest BCUT2D eigenvalue weighted by Gasteiger charge is 2.24. The molecule has 7 amide bonds. The topological polar surface area (TPSA) is 627 Å². The average molecular weight is 2050 g/mol. The standard InChI is InChI=1S/C16H20N2O3S.C15H18N2O4S.C14H16N2O3S.2C13H14N2O3S.2C12H12N2O4S/c1-2-3-4-5-6-15(21)18-16-17-13(10-22-16)12-8-7-11(19)9-14(12)20;18-7-3-1-2-4-14(21)17-15-16-12(9-22-15)11-6-5-10(19)8-13(11)20;1-14(2,3)12(19)16-13-15-10(7-20-13)9-5-4-8(17)6-11(9)18;1-7(2)12(18)15-13-14-10(6-19-13)9-4-3-8(16)5-11(9)17;1-2-3-12(18)15-13-14-10(7-19-13)9-5-4-8(16)6-11(9)17;1-18-5-11(17)14-12-13-9(6-19-12)8-3-2-7(15)4-10(8)16;15-4-3-11(18)14-12-13-9(6-19-12)8-2-1-7(16)5-10(8)17/h7-10,19-20H,2-6H2,1H3,(H,17,18,21);5-6,8-9,18-20H,1-4,7H2,(H,16,17,21);4-7,17-18H,1-3H3,(H,15,16,19);3-7,16-17H,1-2H3,(H,14,15,18);4-7,16-17H,2-3H2,1H3,(H,14,15,18);2-4,6,15-16H,5H2,1H3,(H,13,14,17);1-2,5-6,15-17H,3-4H2,(H,13,14,18). The summed E-state index contributed by atoms with van der Waals surface area (Å²) in [6.45, 7) is 13.0. The molecule has 7 aromatic heterocycles. The summed E-state index contributed by atoms with van der Waals surface area (Å²) in [5.74, 6) is -1.68. The van der Waals surface area contributed by atoms with E-state index in [4.69, 9.17) is 14.9 Å². The molecule has 0 atom stereocenters. The van der Waals surface area contributed by atoms with Gasteiger partial charge in [0.15, 0.2) is 35.9 Å². The summed E-state index contributed by atoms with van der Waals surface area (Å²) in [7, 11) is 1.43. The van der Waals surface area contributed by atoms with Gasteiger partial charge in [0.1, 0.15) is 87.1 Å². The maximum atomic E-state index is 11.9. The molecule has 7 aromatic carbocycles. The van der Waals surface area contributed by atoms with Crippen LogP contribution in [0.1, 0.15) is 126 Å². The van der Waals surface area contributed by atoms with Gasteiger partial charge in [0.25, 0.3) is 5.91 Å². The molecule has 14 aromatic rings. The first-order chi connectivity index (χ1) is 66.7. The van der Waals surface area contributed by atoms with E-state index in [2.05, 4.69) is 79.0 Å². The average Bonchev–Trinajstić information content (AvgIpc) is 1.70. The number of aromatic hydroxyl groups is 14. The van der Waals surface area contributed by atoms with Crippen molar-refractivity contribution >= 4 is 157 Å². The number of phenols is 14. The summed E-state index contributed by atoms with van der Waals surface area (Å²) in [6, 6.07) is 30.0. The number of carbonyl (C=O) groups is 7. The SMILES string of the molecule is CC(C)(C)C(=O)Nc1nc(-c2ccc(O)cc2O)cs1.CC(C)C(=O)Nc1nc(-c2ccc(O)cc2O)cs1.CCCC(=O)Nc1nc(-c2ccc(O)cc2O)cs1.CCCCCCC(=O)Nc1nc(-c2ccc(O)cc2O)cs1.COCC(=O)Nc1nc(-c2ccc(O)cc2O)cs1.O=C(CCCCCO)Nc1nc(-c2ccc(O)cc2O)cs1.O=C(CCO)Nc1nc(-c2ccc(O)cc2O)cs1. The third kappa shape index (κ3) is 36.0. The number of ether oxygens (including phenoxy) is 1. The molecule has 23 N–H and O–H groups in total. The van der Waals surface area contributed by atoms with E-state index >= 15 is 0 Å². The number of carbonyl (C=O) groups excluding carboxylic acids is 7. The molecule has 140 heavy (non-hydrogen) atoms. The van der Waals surface area contributed by atoms with Gasteiger partial charge in [0, 0.05) is 163 Å². The number of nitrogens with one attached hydrogen (secondary N) is 7.